The number of nitrogens with zero attached hydrogens (tertiary/aromatic N) is 1. The molecule has 174 valence electrons. The molecule has 0 aromatic heterocycles. The Hall–Kier alpha value is -3.42. The average molecular weight is 443 g/mol. The molecule has 0 aliphatic heterocycles. The van der Waals surface area contributed by atoms with E-state index < -0.39 is 6.09 Å². The van der Waals surface area contributed by atoms with Crippen LogP contribution in [0, 0.1) is 0 Å². The number of amides is 1. The third kappa shape index (κ3) is 7.68. The highest BCUT2D eigenvalue weighted by Gasteiger charge is 2.12. The van der Waals surface area contributed by atoms with Crippen LogP contribution in [0.25, 0.3) is 0 Å². The molecule has 0 saturated carbocycles. The van der Waals surface area contributed by atoms with Gasteiger partial charge in [0.25, 0.3) is 0 Å². The third-order valence-electron chi connectivity index (χ3n) is 4.57. The zero-order chi connectivity index (χ0) is 23.3. The number of guanidine groups is 1. The Bertz CT molecular complexity index is 884. The van der Waals surface area contributed by atoms with Crippen LogP contribution in [0.1, 0.15) is 44.9 Å². The number of methoxy groups -OCH3 is 1. The summed E-state index contributed by atoms with van der Waals surface area (Å²) in [4.78, 5) is 16.0. The Morgan fingerprint density at radius 3 is 2.31 bits per heavy atom. The fraction of sp³-hybridized carbons (Fsp3) is 0.417. The van der Waals surface area contributed by atoms with Crippen LogP contribution in [0.5, 0.6) is 11.5 Å². The Balaban J connectivity index is 2.07. The van der Waals surface area contributed by atoms with Gasteiger partial charge in [-0.1, -0.05) is 18.2 Å². The molecular formula is C24H34N4O4. The van der Waals surface area contributed by atoms with Crippen LogP contribution in [0.4, 0.5) is 10.5 Å². The number of benzene rings is 2. The van der Waals surface area contributed by atoms with E-state index >= 15 is 0 Å². The first-order chi connectivity index (χ1) is 15.5. The molecule has 0 aliphatic carbocycles. The first kappa shape index (κ1) is 24.8. The van der Waals surface area contributed by atoms with E-state index in [0.717, 1.165) is 29.2 Å². The molecule has 8 nitrogen and oxygen atoms in total. The van der Waals surface area contributed by atoms with Gasteiger partial charge in [-0.25, -0.2) is 9.79 Å². The Kier molecular flexibility index (Phi) is 10.2. The lowest BCUT2D eigenvalue weighted by Gasteiger charge is -2.20. The highest BCUT2D eigenvalue weighted by Crippen LogP contribution is 2.30. The predicted octanol–water partition coefficient (Wildman–Crippen LogP) is 4.48. The van der Waals surface area contributed by atoms with Gasteiger partial charge in [-0.2, -0.15) is 0 Å². The minimum Gasteiger partial charge on any atom is -0.490 e. The Labute approximate surface area is 190 Å². The van der Waals surface area contributed by atoms with Crippen molar-refractivity contribution in [2.75, 3.05) is 32.2 Å². The molecule has 2 rings (SSSR count). The van der Waals surface area contributed by atoms with Crippen molar-refractivity contribution in [1.82, 2.24) is 10.6 Å². The quantitative estimate of drug-likeness (QED) is 0.371. The summed E-state index contributed by atoms with van der Waals surface area (Å²) in [6.07, 6.45) is -0.495. The molecule has 1 unspecified atom stereocenters. The van der Waals surface area contributed by atoms with Crippen molar-refractivity contribution in [3.63, 3.8) is 0 Å². The molecule has 2 aromatic carbocycles. The van der Waals surface area contributed by atoms with Crippen LogP contribution in [0.15, 0.2) is 47.5 Å². The summed E-state index contributed by atoms with van der Waals surface area (Å²) in [6, 6.07) is 13.5. The summed E-state index contributed by atoms with van der Waals surface area (Å²) >= 11 is 0. The predicted molar refractivity (Wildman–Crippen MR) is 128 cm³/mol. The maximum atomic E-state index is 11.3. The summed E-state index contributed by atoms with van der Waals surface area (Å²) in [5.74, 6) is 2.20. The van der Waals surface area contributed by atoms with Crippen molar-refractivity contribution in [2.45, 2.75) is 40.3 Å². The molecule has 8 heteroatoms. The molecular weight excluding hydrogens is 408 g/mol. The number of hydrogen-bond donors (Lipinski definition) is 3. The van der Waals surface area contributed by atoms with Gasteiger partial charge in [0.1, 0.15) is 0 Å². The molecule has 32 heavy (non-hydrogen) atoms. The normalized spacial score (nSPS) is 12.0. The summed E-state index contributed by atoms with van der Waals surface area (Å²) in [5.41, 5.74) is 2.76. The molecule has 0 heterocycles. The van der Waals surface area contributed by atoms with Gasteiger partial charge in [0.05, 0.1) is 32.9 Å². The highest BCUT2D eigenvalue weighted by atomic mass is 16.5. The molecule has 1 atom stereocenters. The summed E-state index contributed by atoms with van der Waals surface area (Å²) in [5, 5.41) is 9.35. The van der Waals surface area contributed by atoms with Crippen LogP contribution in [0.2, 0.25) is 0 Å². The molecule has 0 fully saturated rings. The number of nitrogens with one attached hydrogen (secondary N) is 3. The van der Waals surface area contributed by atoms with Gasteiger partial charge in [-0.05, 0) is 63.1 Å². The lowest BCUT2D eigenvalue weighted by atomic mass is 10.1. The molecule has 2 aromatic rings. The number of aliphatic imine (C=N–C) groups is 1. The number of hydrogen-bond acceptors (Lipinski definition) is 5. The molecule has 3 N–H and O–H groups in total. The summed E-state index contributed by atoms with van der Waals surface area (Å²) < 4.78 is 16.0. The van der Waals surface area contributed by atoms with E-state index in [1.807, 2.05) is 63.2 Å². The molecule has 0 radical (unpaired) electrons. The summed E-state index contributed by atoms with van der Waals surface area (Å²) in [7, 11) is 1.33. The molecule has 0 bridgehead atoms. The van der Waals surface area contributed by atoms with E-state index in [1.165, 1.54) is 7.11 Å². The van der Waals surface area contributed by atoms with Gasteiger partial charge in [0.15, 0.2) is 17.5 Å². The number of ether oxygens (including phenoxy) is 3. The monoisotopic (exact) mass is 442 g/mol. The van der Waals surface area contributed by atoms with Gasteiger partial charge in [-0.15, -0.1) is 0 Å². The number of carbonyl (C=O) groups excluding carboxylic acids is 1. The maximum absolute atomic E-state index is 11.3. The van der Waals surface area contributed by atoms with Crippen molar-refractivity contribution in [2.24, 2.45) is 4.99 Å². The van der Waals surface area contributed by atoms with E-state index in [-0.39, 0.29) is 6.04 Å². The van der Waals surface area contributed by atoms with Crippen molar-refractivity contribution >= 4 is 17.7 Å². The van der Waals surface area contributed by atoms with Crippen LogP contribution >= 0.6 is 0 Å². The second-order valence-corrected chi connectivity index (χ2v) is 6.95. The van der Waals surface area contributed by atoms with Crippen LogP contribution in [0.3, 0.4) is 0 Å². The first-order valence-corrected chi connectivity index (χ1v) is 10.9. The standard InChI is InChI=1S/C24H34N4O4/c1-6-25-23(26-16-18-9-12-20(13-10-18)28-24(29)30-5)27-17(4)19-11-14-21(31-7-2)22(15-19)32-8-3/h9-15,17H,6-8,16H2,1-5H3,(H,28,29)(H2,25,26,27). The van der Waals surface area contributed by atoms with Crippen molar-refractivity contribution in [3.8, 4) is 11.5 Å². The molecule has 0 aliphatic rings. The molecule has 0 saturated heterocycles. The lowest BCUT2D eigenvalue weighted by molar-refractivity contribution is 0.187. The molecule has 0 spiro atoms. The van der Waals surface area contributed by atoms with E-state index in [9.17, 15) is 4.79 Å². The van der Waals surface area contributed by atoms with E-state index in [0.29, 0.717) is 31.4 Å². The zero-order valence-electron chi connectivity index (χ0n) is 19.5. The number of carbonyl (C=O) groups is 1. The van der Waals surface area contributed by atoms with Gasteiger partial charge in [-0.3, -0.25) is 5.32 Å². The highest BCUT2D eigenvalue weighted by molar-refractivity contribution is 5.84. The van der Waals surface area contributed by atoms with E-state index in [2.05, 4.69) is 32.6 Å². The Morgan fingerprint density at radius 1 is 1.00 bits per heavy atom. The summed E-state index contributed by atoms with van der Waals surface area (Å²) in [6.45, 7) is 10.4. The topological polar surface area (TPSA) is 93.2 Å². The maximum Gasteiger partial charge on any atom is 0.411 e. The van der Waals surface area contributed by atoms with Gasteiger partial charge >= 0.3 is 6.09 Å². The minimum absolute atomic E-state index is 0.00862. The fourth-order valence-corrected chi connectivity index (χ4v) is 2.98. The van der Waals surface area contributed by atoms with Crippen LogP contribution in [-0.4, -0.2) is 38.9 Å². The van der Waals surface area contributed by atoms with Crippen LogP contribution in [-0.2, 0) is 11.3 Å². The van der Waals surface area contributed by atoms with Crippen molar-refractivity contribution in [1.29, 1.82) is 0 Å². The van der Waals surface area contributed by atoms with Crippen molar-refractivity contribution < 1.29 is 19.0 Å². The molecule has 1 amide bonds. The third-order valence-corrected chi connectivity index (χ3v) is 4.57. The fourth-order valence-electron chi connectivity index (χ4n) is 2.98. The minimum atomic E-state index is -0.495. The number of anilines is 1. The van der Waals surface area contributed by atoms with Gasteiger partial charge in [0, 0.05) is 12.2 Å². The first-order valence-electron chi connectivity index (χ1n) is 10.9. The van der Waals surface area contributed by atoms with Gasteiger partial charge in [0.2, 0.25) is 0 Å². The smallest absolute Gasteiger partial charge is 0.411 e. The zero-order valence-corrected chi connectivity index (χ0v) is 19.5. The van der Waals surface area contributed by atoms with Gasteiger partial charge < -0.3 is 24.8 Å². The Morgan fingerprint density at radius 2 is 1.69 bits per heavy atom. The second kappa shape index (κ2) is 13.1. The van der Waals surface area contributed by atoms with E-state index in [1.54, 1.807) is 0 Å². The largest absolute Gasteiger partial charge is 0.490 e. The van der Waals surface area contributed by atoms with Crippen molar-refractivity contribution in [3.05, 3.63) is 53.6 Å². The number of rotatable bonds is 10. The average Bonchev–Trinajstić information content (AvgIpc) is 2.79. The SMILES string of the molecule is CCNC(=NCc1ccc(NC(=O)OC)cc1)NC(C)c1ccc(OCC)c(OCC)c1. The lowest BCUT2D eigenvalue weighted by Crippen LogP contribution is -2.38. The second-order valence-electron chi connectivity index (χ2n) is 6.95. The van der Waals surface area contributed by atoms with Crippen LogP contribution < -0.4 is 25.4 Å². The van der Waals surface area contributed by atoms with E-state index in [4.69, 9.17) is 9.47 Å².